The van der Waals surface area contributed by atoms with E-state index in [1.165, 1.54) is 25.7 Å². The summed E-state index contributed by atoms with van der Waals surface area (Å²) in [6, 6.07) is 8.67. The Morgan fingerprint density at radius 1 is 1.20 bits per heavy atom. The van der Waals surface area contributed by atoms with Gasteiger partial charge in [-0.25, -0.2) is 4.68 Å². The molecule has 1 aromatic carbocycles. The monoisotopic (exact) mass is 360 g/mol. The summed E-state index contributed by atoms with van der Waals surface area (Å²) in [6.45, 7) is 7.13. The number of piperidine rings is 1. The topological polar surface area (TPSA) is 35.2 Å². The maximum Gasteiger partial charge on any atom is 0.199 e. The van der Waals surface area contributed by atoms with Crippen LogP contribution in [0.3, 0.4) is 0 Å². The largest absolute Gasteiger partial charge is 0.497 e. The minimum Gasteiger partial charge on any atom is -0.497 e. The second-order valence-corrected chi connectivity index (χ2v) is 6.96. The highest BCUT2D eigenvalue weighted by atomic mass is 32.1. The molecule has 0 N–H and O–H groups in total. The van der Waals surface area contributed by atoms with Crippen LogP contribution in [0.15, 0.2) is 24.3 Å². The molecule has 5 nitrogen and oxygen atoms in total. The number of ether oxygens (including phenoxy) is 1. The third kappa shape index (κ3) is 3.80. The summed E-state index contributed by atoms with van der Waals surface area (Å²) in [6.07, 6.45) is 5.07. The lowest BCUT2D eigenvalue weighted by atomic mass is 10.0. The first-order valence-corrected chi connectivity index (χ1v) is 9.64. The second kappa shape index (κ2) is 8.15. The van der Waals surface area contributed by atoms with E-state index in [0.29, 0.717) is 6.04 Å². The van der Waals surface area contributed by atoms with Crippen molar-refractivity contribution >= 4 is 12.2 Å². The van der Waals surface area contributed by atoms with E-state index < -0.39 is 0 Å². The molecule has 0 radical (unpaired) electrons. The molecule has 1 saturated heterocycles. The van der Waals surface area contributed by atoms with Gasteiger partial charge in [0.05, 0.1) is 13.8 Å². The smallest absolute Gasteiger partial charge is 0.199 e. The van der Waals surface area contributed by atoms with E-state index in [4.69, 9.17) is 22.1 Å². The van der Waals surface area contributed by atoms with Gasteiger partial charge in [-0.2, -0.15) is 5.10 Å². The maximum absolute atomic E-state index is 5.72. The zero-order valence-electron chi connectivity index (χ0n) is 15.4. The summed E-state index contributed by atoms with van der Waals surface area (Å²) in [7, 11) is 1.68. The number of hydrogen-bond donors (Lipinski definition) is 0. The molecule has 2 heterocycles. The van der Waals surface area contributed by atoms with Gasteiger partial charge in [-0.15, -0.1) is 0 Å². The zero-order chi connectivity index (χ0) is 17.8. The highest BCUT2D eigenvalue weighted by Crippen LogP contribution is 2.24. The van der Waals surface area contributed by atoms with Gasteiger partial charge >= 0.3 is 0 Å². The Kier molecular flexibility index (Phi) is 5.91. The molecule has 0 spiro atoms. The molecule has 0 amide bonds. The summed E-state index contributed by atoms with van der Waals surface area (Å²) in [5.41, 5.74) is 1.07. The Morgan fingerprint density at radius 2 is 1.96 bits per heavy atom. The van der Waals surface area contributed by atoms with E-state index in [-0.39, 0.29) is 0 Å². The van der Waals surface area contributed by atoms with Gasteiger partial charge in [-0.1, -0.05) is 13.3 Å². The number of benzene rings is 1. The molecule has 1 aromatic heterocycles. The van der Waals surface area contributed by atoms with Crippen LogP contribution in [0.2, 0.25) is 0 Å². The molecule has 1 atom stereocenters. The second-order valence-electron chi connectivity index (χ2n) is 6.59. The lowest BCUT2D eigenvalue weighted by molar-refractivity contribution is 0.100. The van der Waals surface area contributed by atoms with Crippen LogP contribution in [0.25, 0.3) is 11.4 Å². The van der Waals surface area contributed by atoms with Crippen LogP contribution in [0.1, 0.15) is 39.5 Å². The van der Waals surface area contributed by atoms with Gasteiger partial charge in [-0.05, 0) is 62.7 Å². The van der Waals surface area contributed by atoms with Crippen LogP contribution in [0, 0.1) is 4.77 Å². The van der Waals surface area contributed by atoms with E-state index >= 15 is 0 Å². The Labute approximate surface area is 155 Å². The molecule has 0 bridgehead atoms. The van der Waals surface area contributed by atoms with Crippen LogP contribution in [0.5, 0.6) is 5.75 Å². The van der Waals surface area contributed by atoms with Gasteiger partial charge in [-0.3, -0.25) is 4.90 Å². The van der Waals surface area contributed by atoms with Gasteiger partial charge in [0.1, 0.15) is 5.75 Å². The molecule has 0 unspecified atom stereocenters. The minimum atomic E-state index is 0.645. The van der Waals surface area contributed by atoms with Crippen molar-refractivity contribution in [1.82, 2.24) is 19.2 Å². The fraction of sp³-hybridized carbons (Fsp3) is 0.579. The van der Waals surface area contributed by atoms with E-state index in [1.54, 1.807) is 7.11 Å². The molecule has 2 aromatic rings. The first-order valence-electron chi connectivity index (χ1n) is 9.24. The van der Waals surface area contributed by atoms with Gasteiger partial charge in [0.2, 0.25) is 0 Å². The number of aromatic nitrogens is 3. The zero-order valence-corrected chi connectivity index (χ0v) is 16.3. The SMILES string of the molecule is CC[C@H]1CCCCN1Cn1nc(-c2ccc(OC)cc2)n(CC)c1=S. The summed E-state index contributed by atoms with van der Waals surface area (Å²) in [5.74, 6) is 1.78. The van der Waals surface area contributed by atoms with Crippen molar-refractivity contribution in [1.29, 1.82) is 0 Å². The van der Waals surface area contributed by atoms with Gasteiger partial charge in [0.15, 0.2) is 10.6 Å². The molecule has 1 aliphatic rings. The Hall–Kier alpha value is -1.66. The molecule has 1 fully saturated rings. The number of likely N-dealkylation sites (tertiary alicyclic amines) is 1. The molecule has 25 heavy (non-hydrogen) atoms. The Bertz CT molecular complexity index is 750. The molecular weight excluding hydrogens is 332 g/mol. The minimum absolute atomic E-state index is 0.645. The fourth-order valence-electron chi connectivity index (χ4n) is 3.65. The van der Waals surface area contributed by atoms with Crippen molar-refractivity contribution in [2.45, 2.75) is 58.8 Å². The summed E-state index contributed by atoms with van der Waals surface area (Å²) >= 11 is 5.72. The normalized spacial score (nSPS) is 18.4. The molecule has 1 aliphatic heterocycles. The van der Waals surface area contributed by atoms with Crippen LogP contribution in [-0.2, 0) is 13.2 Å². The fourth-order valence-corrected chi connectivity index (χ4v) is 3.97. The Balaban J connectivity index is 1.90. The summed E-state index contributed by atoms with van der Waals surface area (Å²) < 4.78 is 10.2. The van der Waals surface area contributed by atoms with Gasteiger partial charge < -0.3 is 9.30 Å². The molecule has 3 rings (SSSR count). The third-order valence-electron chi connectivity index (χ3n) is 5.12. The van der Waals surface area contributed by atoms with E-state index in [9.17, 15) is 0 Å². The van der Waals surface area contributed by atoms with E-state index in [2.05, 4.69) is 23.3 Å². The maximum atomic E-state index is 5.72. The van der Waals surface area contributed by atoms with Gasteiger partial charge in [0, 0.05) is 24.7 Å². The lowest BCUT2D eigenvalue weighted by Gasteiger charge is -2.34. The predicted octanol–water partition coefficient (Wildman–Crippen LogP) is 4.33. The van der Waals surface area contributed by atoms with Crippen molar-refractivity contribution in [2.24, 2.45) is 0 Å². The lowest BCUT2D eigenvalue weighted by Crippen LogP contribution is -2.40. The van der Waals surface area contributed by atoms with Crippen LogP contribution in [0.4, 0.5) is 0 Å². The number of hydrogen-bond acceptors (Lipinski definition) is 4. The molecular formula is C19H28N4OS. The number of rotatable bonds is 6. The third-order valence-corrected chi connectivity index (χ3v) is 5.55. The van der Waals surface area contributed by atoms with Crippen LogP contribution < -0.4 is 4.74 Å². The molecule has 0 saturated carbocycles. The van der Waals surface area contributed by atoms with Crippen LogP contribution in [-0.4, -0.2) is 38.9 Å². The molecule has 0 aliphatic carbocycles. The van der Waals surface area contributed by atoms with Crippen molar-refractivity contribution < 1.29 is 4.74 Å². The number of nitrogens with zero attached hydrogens (tertiary/aromatic N) is 4. The van der Waals surface area contributed by atoms with Crippen molar-refractivity contribution in [3.05, 3.63) is 29.0 Å². The highest BCUT2D eigenvalue weighted by molar-refractivity contribution is 7.71. The molecule has 6 heteroatoms. The summed E-state index contributed by atoms with van der Waals surface area (Å²) in [5, 5.41) is 4.86. The molecule has 136 valence electrons. The standard InChI is InChI=1S/C19H28N4OS/c1-4-16-8-6-7-13-21(16)14-23-19(25)22(5-2)18(20-23)15-9-11-17(24-3)12-10-15/h9-12,16H,4-8,13-14H2,1-3H3/t16-/m0/s1. The first kappa shape index (κ1) is 18.1. The average molecular weight is 361 g/mol. The van der Waals surface area contributed by atoms with E-state index in [0.717, 1.165) is 41.7 Å². The predicted molar refractivity (Wildman–Crippen MR) is 103 cm³/mol. The first-order chi connectivity index (χ1) is 12.2. The number of methoxy groups -OCH3 is 1. The van der Waals surface area contributed by atoms with E-state index in [1.807, 2.05) is 28.9 Å². The van der Waals surface area contributed by atoms with Gasteiger partial charge in [0.25, 0.3) is 0 Å². The highest BCUT2D eigenvalue weighted by Gasteiger charge is 2.22. The van der Waals surface area contributed by atoms with Crippen molar-refractivity contribution in [3.63, 3.8) is 0 Å². The summed E-state index contributed by atoms with van der Waals surface area (Å²) in [4.78, 5) is 2.53. The Morgan fingerprint density at radius 3 is 2.60 bits per heavy atom. The van der Waals surface area contributed by atoms with Crippen LogP contribution >= 0.6 is 12.2 Å². The van der Waals surface area contributed by atoms with Crippen molar-refractivity contribution in [3.8, 4) is 17.1 Å². The quantitative estimate of drug-likeness (QED) is 0.718. The van der Waals surface area contributed by atoms with Crippen molar-refractivity contribution in [2.75, 3.05) is 13.7 Å². The average Bonchev–Trinajstić information content (AvgIpc) is 2.98.